The number of anilines is 1. The molecule has 3 heterocycles. The van der Waals surface area contributed by atoms with Crippen LogP contribution in [0.15, 0.2) is 18.3 Å². The molecule has 0 amide bonds. The lowest BCUT2D eigenvalue weighted by atomic mass is 9.80. The number of aromatic carboxylic acids is 1. The number of nitrogens with zero attached hydrogens (tertiary/aromatic N) is 5. The average molecular weight is 503 g/mol. The van der Waals surface area contributed by atoms with Crippen molar-refractivity contribution in [2.75, 3.05) is 5.32 Å². The van der Waals surface area contributed by atoms with Crippen LogP contribution in [0.1, 0.15) is 100 Å². The first-order chi connectivity index (χ1) is 18.0. The van der Waals surface area contributed by atoms with Crippen LogP contribution in [-0.2, 0) is 6.54 Å². The highest BCUT2D eigenvalue weighted by molar-refractivity contribution is 5.92. The smallest absolute Gasteiger partial charge is 0.374 e. The lowest BCUT2D eigenvalue weighted by Gasteiger charge is -2.32. The molecule has 1 atom stereocenters. The van der Waals surface area contributed by atoms with Crippen LogP contribution in [0.25, 0.3) is 22.7 Å². The van der Waals surface area contributed by atoms with E-state index in [4.69, 9.17) is 9.97 Å². The highest BCUT2D eigenvalue weighted by Crippen LogP contribution is 2.39. The molecule has 0 aliphatic heterocycles. The van der Waals surface area contributed by atoms with Crippen LogP contribution in [0.2, 0.25) is 0 Å². The third-order valence-electron chi connectivity index (χ3n) is 9.18. The van der Waals surface area contributed by atoms with Crippen molar-refractivity contribution in [2.45, 2.75) is 96.6 Å². The second-order valence-corrected chi connectivity index (χ2v) is 11.8. The summed E-state index contributed by atoms with van der Waals surface area (Å²) in [4.78, 5) is 30.6. The summed E-state index contributed by atoms with van der Waals surface area (Å²) < 4.78 is 2.24. The van der Waals surface area contributed by atoms with Crippen LogP contribution in [-0.4, -0.2) is 41.6 Å². The van der Waals surface area contributed by atoms with Gasteiger partial charge >= 0.3 is 5.97 Å². The van der Waals surface area contributed by atoms with Gasteiger partial charge in [-0.3, -0.25) is 4.98 Å². The van der Waals surface area contributed by atoms with Crippen molar-refractivity contribution in [3.05, 3.63) is 29.7 Å². The maximum atomic E-state index is 12.0. The highest BCUT2D eigenvalue weighted by atomic mass is 16.4. The predicted molar refractivity (Wildman–Crippen MR) is 144 cm³/mol. The molecule has 0 saturated heterocycles. The first kappa shape index (κ1) is 24.3. The Morgan fingerprint density at radius 2 is 1.84 bits per heavy atom. The van der Waals surface area contributed by atoms with Gasteiger partial charge < -0.3 is 15.0 Å². The number of nitrogens with one attached hydrogen (secondary N) is 1. The van der Waals surface area contributed by atoms with Gasteiger partial charge in [0.05, 0.1) is 0 Å². The average Bonchev–Trinajstić information content (AvgIpc) is 3.17. The number of pyridine rings is 1. The van der Waals surface area contributed by atoms with E-state index in [1.165, 1.54) is 69.8 Å². The Morgan fingerprint density at radius 1 is 1.08 bits per heavy atom. The first-order valence-corrected chi connectivity index (χ1v) is 14.2. The van der Waals surface area contributed by atoms with Gasteiger partial charge in [0.15, 0.2) is 17.3 Å². The van der Waals surface area contributed by atoms with E-state index in [1.54, 1.807) is 0 Å². The molecule has 196 valence electrons. The number of fused-ring (bicyclic) bond motifs is 1. The third-order valence-corrected chi connectivity index (χ3v) is 9.18. The number of rotatable bonds is 8. The van der Waals surface area contributed by atoms with Crippen molar-refractivity contribution in [3.8, 4) is 11.5 Å². The summed E-state index contributed by atoms with van der Waals surface area (Å²) in [6.07, 6.45) is 14.1. The zero-order valence-corrected chi connectivity index (χ0v) is 22.0. The molecule has 3 aliphatic carbocycles. The molecule has 0 aromatic carbocycles. The van der Waals surface area contributed by atoms with Crippen LogP contribution in [0.5, 0.6) is 0 Å². The largest absolute Gasteiger partial charge is 0.475 e. The van der Waals surface area contributed by atoms with Crippen LogP contribution >= 0.6 is 0 Å². The van der Waals surface area contributed by atoms with E-state index in [0.29, 0.717) is 29.2 Å². The van der Waals surface area contributed by atoms with Crippen LogP contribution < -0.4 is 5.32 Å². The van der Waals surface area contributed by atoms with Crippen molar-refractivity contribution in [3.63, 3.8) is 0 Å². The van der Waals surface area contributed by atoms with E-state index >= 15 is 0 Å². The Hall–Kier alpha value is -3.03. The molecule has 2 N–H and O–H groups in total. The topological polar surface area (TPSA) is 106 Å². The molecule has 0 bridgehead atoms. The van der Waals surface area contributed by atoms with E-state index < -0.39 is 5.97 Å². The maximum Gasteiger partial charge on any atom is 0.374 e. The van der Waals surface area contributed by atoms with Gasteiger partial charge in [0, 0.05) is 18.8 Å². The van der Waals surface area contributed by atoms with Crippen LogP contribution in [0, 0.1) is 17.8 Å². The van der Waals surface area contributed by atoms with Crippen molar-refractivity contribution in [2.24, 2.45) is 17.8 Å². The number of imidazole rings is 1. The van der Waals surface area contributed by atoms with Gasteiger partial charge in [0.25, 0.3) is 0 Å². The fourth-order valence-corrected chi connectivity index (χ4v) is 6.21. The molecule has 3 saturated carbocycles. The summed E-state index contributed by atoms with van der Waals surface area (Å²) in [5, 5.41) is 13.4. The van der Waals surface area contributed by atoms with E-state index in [0.717, 1.165) is 29.5 Å². The second kappa shape index (κ2) is 10.0. The molecule has 8 heteroatoms. The Labute approximate surface area is 218 Å². The van der Waals surface area contributed by atoms with Gasteiger partial charge in [-0.1, -0.05) is 32.6 Å². The van der Waals surface area contributed by atoms with Gasteiger partial charge in [-0.15, -0.1) is 0 Å². The Balaban J connectivity index is 1.47. The van der Waals surface area contributed by atoms with Crippen LogP contribution in [0.4, 0.5) is 5.82 Å². The van der Waals surface area contributed by atoms with Crippen LogP contribution in [0.3, 0.4) is 0 Å². The number of carbonyl (C=O) groups is 1. The normalized spacial score (nSPS) is 23.4. The fourth-order valence-electron chi connectivity index (χ4n) is 6.21. The molecular formula is C29H38N6O2. The van der Waals surface area contributed by atoms with Crippen molar-refractivity contribution >= 4 is 23.0 Å². The van der Waals surface area contributed by atoms with E-state index in [9.17, 15) is 9.90 Å². The lowest BCUT2D eigenvalue weighted by molar-refractivity contribution is 0.0684. The van der Waals surface area contributed by atoms with E-state index in [-0.39, 0.29) is 11.9 Å². The van der Waals surface area contributed by atoms with Crippen molar-refractivity contribution < 1.29 is 9.90 Å². The molecule has 0 radical (unpaired) electrons. The standard InChI is InChI=1S/C29H38N6O2/c1-17-9-11-19(12-10-17)16-35-24-25(31-18(2)20-5-3-6-20)32-27(29(36)37)33-26(24)34-28(35)23-15-22(13-14-30-23)21-7-4-8-21/h13-15,17-21H,3-12,16H2,1-2H3,(H,36,37)(H,31,32,33)/t17?,18-,19?/m1/s1. The molecule has 0 spiro atoms. The molecule has 3 aliphatic rings. The number of carboxylic acid groups (broad SMARTS) is 1. The Morgan fingerprint density at radius 3 is 2.49 bits per heavy atom. The molecule has 0 unspecified atom stereocenters. The molecule has 37 heavy (non-hydrogen) atoms. The Bertz CT molecular complexity index is 1290. The summed E-state index contributed by atoms with van der Waals surface area (Å²) in [6.45, 7) is 5.33. The number of hydrogen-bond acceptors (Lipinski definition) is 6. The summed E-state index contributed by atoms with van der Waals surface area (Å²) in [5.41, 5.74) is 3.39. The molecule has 3 fully saturated rings. The van der Waals surface area contributed by atoms with Crippen molar-refractivity contribution in [1.29, 1.82) is 0 Å². The van der Waals surface area contributed by atoms with Gasteiger partial charge in [0.1, 0.15) is 11.2 Å². The summed E-state index contributed by atoms with van der Waals surface area (Å²) in [5.74, 6) is 2.49. The van der Waals surface area contributed by atoms with Gasteiger partial charge in [0.2, 0.25) is 5.82 Å². The lowest BCUT2D eigenvalue weighted by Crippen LogP contribution is -2.31. The monoisotopic (exact) mass is 502 g/mol. The van der Waals surface area contributed by atoms with Gasteiger partial charge in [-0.2, -0.15) is 0 Å². The second-order valence-electron chi connectivity index (χ2n) is 11.8. The molecule has 3 aromatic heterocycles. The predicted octanol–water partition coefficient (Wildman–Crippen LogP) is 6.28. The number of carboxylic acids is 1. The zero-order chi connectivity index (χ0) is 25.5. The zero-order valence-electron chi connectivity index (χ0n) is 22.0. The molecule has 3 aromatic rings. The summed E-state index contributed by atoms with van der Waals surface area (Å²) >= 11 is 0. The minimum Gasteiger partial charge on any atom is -0.475 e. The summed E-state index contributed by atoms with van der Waals surface area (Å²) in [7, 11) is 0. The van der Waals surface area contributed by atoms with E-state index in [2.05, 4.69) is 45.8 Å². The SMILES string of the molecule is CC1CCC(Cn2c(-c3cc(C4CCC4)ccn3)nc3nc(C(=O)O)nc(N[C@H](C)C4CCC4)c32)CC1. The molecular weight excluding hydrogens is 464 g/mol. The summed E-state index contributed by atoms with van der Waals surface area (Å²) in [6, 6.07) is 4.51. The minimum atomic E-state index is -1.14. The van der Waals surface area contributed by atoms with Crippen molar-refractivity contribution in [1.82, 2.24) is 24.5 Å². The van der Waals surface area contributed by atoms with Gasteiger partial charge in [-0.05, 0) is 86.8 Å². The van der Waals surface area contributed by atoms with E-state index in [1.807, 2.05) is 6.20 Å². The first-order valence-electron chi connectivity index (χ1n) is 14.2. The number of hydrogen-bond donors (Lipinski definition) is 2. The quantitative estimate of drug-likeness (QED) is 0.373. The molecule has 6 rings (SSSR count). The maximum absolute atomic E-state index is 12.0. The number of aromatic nitrogens is 5. The minimum absolute atomic E-state index is 0.205. The molecule has 8 nitrogen and oxygen atoms in total. The highest BCUT2D eigenvalue weighted by Gasteiger charge is 2.29. The van der Waals surface area contributed by atoms with Gasteiger partial charge in [-0.25, -0.2) is 19.7 Å². The third kappa shape index (κ3) is 4.82. The Kier molecular flexibility index (Phi) is 6.59. The fraction of sp³-hybridized carbons (Fsp3) is 0.621.